The first-order valence-corrected chi connectivity index (χ1v) is 6.70. The van der Waals surface area contributed by atoms with Crippen LogP contribution in [0.15, 0.2) is 24.3 Å². The molecule has 0 amide bonds. The van der Waals surface area contributed by atoms with E-state index in [1.807, 2.05) is 18.2 Å². The highest BCUT2D eigenvalue weighted by atomic mass is 35.5. The molecule has 2 unspecified atom stereocenters. The van der Waals surface area contributed by atoms with Crippen LogP contribution in [0.2, 0.25) is 5.02 Å². The van der Waals surface area contributed by atoms with E-state index >= 15 is 0 Å². The highest BCUT2D eigenvalue weighted by molar-refractivity contribution is 6.31. The van der Waals surface area contributed by atoms with Gasteiger partial charge < -0.3 is 15.5 Å². The summed E-state index contributed by atoms with van der Waals surface area (Å²) >= 11 is 6.03. The molecule has 0 spiro atoms. The van der Waals surface area contributed by atoms with Crippen LogP contribution in [0, 0.1) is 5.92 Å². The van der Waals surface area contributed by atoms with Crippen molar-refractivity contribution in [3.8, 4) is 0 Å². The first-order chi connectivity index (χ1) is 8.56. The number of aliphatic hydroxyl groups excluding tert-OH is 2. The average molecular weight is 272 g/mol. The second kappa shape index (κ2) is 7.74. The average Bonchev–Trinajstić information content (AvgIpc) is 2.34. The van der Waals surface area contributed by atoms with Gasteiger partial charge in [0.05, 0.1) is 6.10 Å². The summed E-state index contributed by atoms with van der Waals surface area (Å²) in [5, 5.41) is 22.9. The van der Waals surface area contributed by atoms with Crippen LogP contribution in [0.3, 0.4) is 0 Å². The third-order valence-electron chi connectivity index (χ3n) is 3.08. The van der Waals surface area contributed by atoms with Gasteiger partial charge >= 0.3 is 0 Å². The second-order valence-corrected chi connectivity index (χ2v) is 5.22. The molecule has 4 heteroatoms. The smallest absolute Gasteiger partial charge is 0.0928 e. The maximum atomic E-state index is 10.1. The van der Waals surface area contributed by atoms with Crippen LogP contribution in [-0.2, 0) is 0 Å². The van der Waals surface area contributed by atoms with E-state index in [0.717, 1.165) is 5.56 Å². The number of halogens is 1. The minimum Gasteiger partial charge on any atom is -0.396 e. The van der Waals surface area contributed by atoms with Crippen LogP contribution < -0.4 is 5.32 Å². The Bertz CT molecular complexity index is 357. The third kappa shape index (κ3) is 4.58. The Balaban J connectivity index is 2.54. The molecule has 0 radical (unpaired) electrons. The largest absolute Gasteiger partial charge is 0.396 e. The summed E-state index contributed by atoms with van der Waals surface area (Å²) < 4.78 is 0. The lowest BCUT2D eigenvalue weighted by molar-refractivity contribution is 0.159. The number of nitrogens with one attached hydrogen (secondary N) is 1. The van der Waals surface area contributed by atoms with E-state index in [1.54, 1.807) is 6.07 Å². The molecular formula is C14H22ClNO2. The van der Waals surface area contributed by atoms with Crippen molar-refractivity contribution in [2.45, 2.75) is 32.4 Å². The van der Waals surface area contributed by atoms with Crippen LogP contribution >= 0.6 is 11.6 Å². The van der Waals surface area contributed by atoms with Crippen molar-refractivity contribution in [3.05, 3.63) is 34.9 Å². The Morgan fingerprint density at radius 1 is 1.28 bits per heavy atom. The number of hydrogen-bond donors (Lipinski definition) is 3. The van der Waals surface area contributed by atoms with Gasteiger partial charge in [-0.05, 0) is 18.4 Å². The number of hydrogen-bond acceptors (Lipinski definition) is 3. The zero-order chi connectivity index (χ0) is 13.5. The summed E-state index contributed by atoms with van der Waals surface area (Å²) in [6.07, 6.45) is 0.0612. The predicted octanol–water partition coefficient (Wildman–Crippen LogP) is 2.37. The fourth-order valence-electron chi connectivity index (χ4n) is 1.93. The van der Waals surface area contributed by atoms with Crippen LogP contribution in [0.1, 0.15) is 31.9 Å². The van der Waals surface area contributed by atoms with Crippen molar-refractivity contribution in [1.82, 2.24) is 5.32 Å². The molecule has 0 saturated carbocycles. The molecule has 1 aromatic carbocycles. The summed E-state index contributed by atoms with van der Waals surface area (Å²) in [7, 11) is 0. The first kappa shape index (κ1) is 15.4. The van der Waals surface area contributed by atoms with Gasteiger partial charge in [0.25, 0.3) is 0 Å². The molecule has 18 heavy (non-hydrogen) atoms. The quantitative estimate of drug-likeness (QED) is 0.714. The molecule has 3 nitrogen and oxygen atoms in total. The van der Waals surface area contributed by atoms with E-state index < -0.39 is 6.10 Å². The van der Waals surface area contributed by atoms with Gasteiger partial charge in [-0.25, -0.2) is 0 Å². The SMILES string of the molecule is CC(C)C(CCO)NCC(O)c1ccccc1Cl. The molecule has 0 fully saturated rings. The van der Waals surface area contributed by atoms with Crippen molar-refractivity contribution in [2.24, 2.45) is 5.92 Å². The Kier molecular flexibility index (Phi) is 6.65. The van der Waals surface area contributed by atoms with Crippen LogP contribution in [-0.4, -0.2) is 29.4 Å². The van der Waals surface area contributed by atoms with Crippen molar-refractivity contribution in [1.29, 1.82) is 0 Å². The lowest BCUT2D eigenvalue weighted by atomic mass is 10.0. The van der Waals surface area contributed by atoms with Gasteiger partial charge in [0, 0.05) is 29.8 Å². The lowest BCUT2D eigenvalue weighted by Crippen LogP contribution is -2.37. The molecule has 0 aliphatic heterocycles. The fraction of sp³-hybridized carbons (Fsp3) is 0.571. The highest BCUT2D eigenvalue weighted by Crippen LogP contribution is 2.22. The Hall–Kier alpha value is -0.610. The normalized spacial score (nSPS) is 14.8. The molecule has 0 saturated heterocycles. The zero-order valence-electron chi connectivity index (χ0n) is 10.9. The predicted molar refractivity (Wildman–Crippen MR) is 74.7 cm³/mol. The zero-order valence-corrected chi connectivity index (χ0v) is 11.7. The van der Waals surface area contributed by atoms with E-state index in [0.29, 0.717) is 23.9 Å². The monoisotopic (exact) mass is 271 g/mol. The molecule has 0 bridgehead atoms. The van der Waals surface area contributed by atoms with Gasteiger partial charge in [0.1, 0.15) is 0 Å². The minimum absolute atomic E-state index is 0.151. The topological polar surface area (TPSA) is 52.5 Å². The summed E-state index contributed by atoms with van der Waals surface area (Å²) in [5.41, 5.74) is 0.734. The number of rotatable bonds is 7. The summed E-state index contributed by atoms with van der Waals surface area (Å²) in [4.78, 5) is 0. The molecular weight excluding hydrogens is 250 g/mol. The van der Waals surface area contributed by atoms with Crippen LogP contribution in [0.4, 0.5) is 0 Å². The molecule has 0 heterocycles. The Labute approximate surface area is 114 Å². The highest BCUT2D eigenvalue weighted by Gasteiger charge is 2.16. The van der Waals surface area contributed by atoms with E-state index in [2.05, 4.69) is 19.2 Å². The van der Waals surface area contributed by atoms with Gasteiger partial charge in [-0.15, -0.1) is 0 Å². The van der Waals surface area contributed by atoms with Gasteiger partial charge in [-0.1, -0.05) is 43.6 Å². The molecule has 3 N–H and O–H groups in total. The van der Waals surface area contributed by atoms with Gasteiger partial charge in [0.15, 0.2) is 0 Å². The van der Waals surface area contributed by atoms with Crippen LogP contribution in [0.25, 0.3) is 0 Å². The van der Waals surface area contributed by atoms with Crippen molar-refractivity contribution < 1.29 is 10.2 Å². The minimum atomic E-state index is -0.626. The summed E-state index contributed by atoms with van der Waals surface area (Å²) in [5.74, 6) is 0.413. The third-order valence-corrected chi connectivity index (χ3v) is 3.43. The van der Waals surface area contributed by atoms with E-state index in [1.165, 1.54) is 0 Å². The van der Waals surface area contributed by atoms with E-state index in [9.17, 15) is 5.11 Å². The second-order valence-electron chi connectivity index (χ2n) is 4.81. The van der Waals surface area contributed by atoms with Crippen molar-refractivity contribution in [3.63, 3.8) is 0 Å². The molecule has 0 aliphatic rings. The van der Waals surface area contributed by atoms with Gasteiger partial charge in [0.2, 0.25) is 0 Å². The maximum absolute atomic E-state index is 10.1. The fourth-order valence-corrected chi connectivity index (χ4v) is 2.19. The number of aliphatic hydroxyl groups is 2. The van der Waals surface area contributed by atoms with Crippen molar-refractivity contribution in [2.75, 3.05) is 13.2 Å². The van der Waals surface area contributed by atoms with Gasteiger partial charge in [-0.2, -0.15) is 0 Å². The van der Waals surface area contributed by atoms with Crippen LogP contribution in [0.5, 0.6) is 0 Å². The first-order valence-electron chi connectivity index (χ1n) is 6.33. The summed E-state index contributed by atoms with van der Waals surface area (Å²) in [6, 6.07) is 7.50. The lowest BCUT2D eigenvalue weighted by Gasteiger charge is -2.23. The van der Waals surface area contributed by atoms with Gasteiger partial charge in [-0.3, -0.25) is 0 Å². The molecule has 0 aliphatic carbocycles. The maximum Gasteiger partial charge on any atom is 0.0928 e. The Morgan fingerprint density at radius 2 is 1.94 bits per heavy atom. The molecule has 1 rings (SSSR count). The molecule has 0 aromatic heterocycles. The molecule has 2 atom stereocenters. The standard InChI is InChI=1S/C14H22ClNO2/c1-10(2)13(7-8-17)16-9-14(18)11-5-3-4-6-12(11)15/h3-6,10,13-14,16-18H,7-9H2,1-2H3. The summed E-state index contributed by atoms with van der Waals surface area (Å²) in [6.45, 7) is 4.77. The van der Waals surface area contributed by atoms with Crippen molar-refractivity contribution >= 4 is 11.6 Å². The molecule has 1 aromatic rings. The Morgan fingerprint density at radius 3 is 2.50 bits per heavy atom. The number of benzene rings is 1. The molecule has 102 valence electrons. The van der Waals surface area contributed by atoms with E-state index in [-0.39, 0.29) is 12.6 Å². The van der Waals surface area contributed by atoms with E-state index in [4.69, 9.17) is 16.7 Å².